The number of hydrogen-bond acceptors (Lipinski definition) is 5. The molecule has 0 heterocycles. The number of aliphatic hydroxyl groups excluding tert-OH is 1. The van der Waals surface area contributed by atoms with E-state index in [9.17, 15) is 18.3 Å². The predicted molar refractivity (Wildman–Crippen MR) is 69.8 cm³/mol. The maximum Gasteiger partial charge on any atom is 0.327 e. The SMILES string of the molecule is CCOC(=O)C(NS(C)(=O)=O)C(O)c1ccccc1. The molecule has 2 atom stereocenters. The average Bonchev–Trinajstić information content (AvgIpc) is 2.35. The number of benzene rings is 1. The Morgan fingerprint density at radius 1 is 1.37 bits per heavy atom. The lowest BCUT2D eigenvalue weighted by Gasteiger charge is -2.21. The zero-order valence-corrected chi connectivity index (χ0v) is 11.6. The number of esters is 1. The molecule has 0 aliphatic heterocycles. The van der Waals surface area contributed by atoms with Crippen LogP contribution in [0.3, 0.4) is 0 Å². The summed E-state index contributed by atoms with van der Waals surface area (Å²) in [6.45, 7) is 1.70. The largest absolute Gasteiger partial charge is 0.465 e. The Labute approximate surface area is 112 Å². The molecule has 0 radical (unpaired) electrons. The van der Waals surface area contributed by atoms with E-state index in [1.807, 2.05) is 0 Å². The highest BCUT2D eigenvalue weighted by Gasteiger charge is 2.31. The highest BCUT2D eigenvalue weighted by molar-refractivity contribution is 7.88. The Morgan fingerprint density at radius 2 is 1.95 bits per heavy atom. The van der Waals surface area contributed by atoms with Crippen molar-refractivity contribution in [1.82, 2.24) is 4.72 Å². The third kappa shape index (κ3) is 4.98. The van der Waals surface area contributed by atoms with Crippen molar-refractivity contribution in [2.45, 2.75) is 19.1 Å². The van der Waals surface area contributed by atoms with Crippen LogP contribution < -0.4 is 4.72 Å². The molecule has 0 bridgehead atoms. The summed E-state index contributed by atoms with van der Waals surface area (Å²) in [5, 5.41) is 10.1. The Balaban J connectivity index is 2.99. The highest BCUT2D eigenvalue weighted by Crippen LogP contribution is 2.18. The molecular weight excluding hydrogens is 270 g/mol. The minimum Gasteiger partial charge on any atom is -0.465 e. The van der Waals surface area contributed by atoms with E-state index >= 15 is 0 Å². The number of carbonyl (C=O) groups is 1. The summed E-state index contributed by atoms with van der Waals surface area (Å²) in [6, 6.07) is 6.95. The molecule has 2 N–H and O–H groups in total. The van der Waals surface area contributed by atoms with Crippen LogP contribution in [0.4, 0.5) is 0 Å². The van der Waals surface area contributed by atoms with E-state index in [4.69, 9.17) is 4.74 Å². The van der Waals surface area contributed by atoms with E-state index in [-0.39, 0.29) is 6.61 Å². The van der Waals surface area contributed by atoms with Gasteiger partial charge in [-0.1, -0.05) is 30.3 Å². The van der Waals surface area contributed by atoms with E-state index < -0.39 is 28.1 Å². The molecule has 0 saturated carbocycles. The number of ether oxygens (including phenoxy) is 1. The van der Waals surface area contributed by atoms with Gasteiger partial charge in [-0.2, -0.15) is 4.72 Å². The Bertz CT molecular complexity index is 514. The van der Waals surface area contributed by atoms with Gasteiger partial charge in [-0.25, -0.2) is 8.42 Å². The third-order valence-corrected chi connectivity index (χ3v) is 3.02. The topological polar surface area (TPSA) is 92.7 Å². The van der Waals surface area contributed by atoms with Gasteiger partial charge in [0.05, 0.1) is 12.9 Å². The molecule has 7 heteroatoms. The number of carbonyl (C=O) groups excluding carboxylic acids is 1. The maximum absolute atomic E-state index is 11.7. The average molecular weight is 287 g/mol. The Kier molecular flexibility index (Phi) is 5.46. The number of hydrogen-bond donors (Lipinski definition) is 2. The molecule has 0 fully saturated rings. The van der Waals surface area contributed by atoms with Crippen LogP contribution in [0, 0.1) is 0 Å². The lowest BCUT2D eigenvalue weighted by atomic mass is 10.0. The first-order valence-electron chi connectivity index (χ1n) is 5.72. The number of nitrogens with one attached hydrogen (secondary N) is 1. The number of aliphatic hydroxyl groups is 1. The van der Waals surface area contributed by atoms with Gasteiger partial charge in [0, 0.05) is 0 Å². The van der Waals surface area contributed by atoms with Gasteiger partial charge >= 0.3 is 5.97 Å². The minimum absolute atomic E-state index is 0.0995. The van der Waals surface area contributed by atoms with Crippen molar-refractivity contribution in [2.75, 3.05) is 12.9 Å². The molecule has 0 aromatic heterocycles. The smallest absolute Gasteiger partial charge is 0.327 e. The quantitative estimate of drug-likeness (QED) is 0.729. The lowest BCUT2D eigenvalue weighted by molar-refractivity contribution is -0.148. The molecule has 19 heavy (non-hydrogen) atoms. The van der Waals surface area contributed by atoms with Crippen LogP contribution in [0.2, 0.25) is 0 Å². The van der Waals surface area contributed by atoms with Crippen LogP contribution in [0.25, 0.3) is 0 Å². The summed E-state index contributed by atoms with van der Waals surface area (Å²) >= 11 is 0. The summed E-state index contributed by atoms with van der Waals surface area (Å²) in [7, 11) is -3.65. The number of rotatable bonds is 6. The van der Waals surface area contributed by atoms with Crippen LogP contribution in [-0.2, 0) is 19.6 Å². The van der Waals surface area contributed by atoms with Gasteiger partial charge in [-0.3, -0.25) is 4.79 Å². The number of sulfonamides is 1. The van der Waals surface area contributed by atoms with Crippen LogP contribution >= 0.6 is 0 Å². The van der Waals surface area contributed by atoms with E-state index in [0.717, 1.165) is 6.26 Å². The van der Waals surface area contributed by atoms with Crippen molar-refractivity contribution in [3.8, 4) is 0 Å². The summed E-state index contributed by atoms with van der Waals surface area (Å²) in [4.78, 5) is 11.7. The molecule has 6 nitrogen and oxygen atoms in total. The highest BCUT2D eigenvalue weighted by atomic mass is 32.2. The summed E-state index contributed by atoms with van der Waals surface area (Å²) in [5.74, 6) is -0.815. The van der Waals surface area contributed by atoms with Crippen LogP contribution in [0.15, 0.2) is 30.3 Å². The van der Waals surface area contributed by atoms with Crippen molar-refractivity contribution >= 4 is 16.0 Å². The minimum atomic E-state index is -3.65. The van der Waals surface area contributed by atoms with Crippen molar-refractivity contribution in [3.63, 3.8) is 0 Å². The normalized spacial score (nSPS) is 14.7. The second-order valence-corrected chi connectivity index (χ2v) is 5.76. The fourth-order valence-corrected chi connectivity index (χ4v) is 2.23. The first kappa shape index (κ1) is 15.6. The molecule has 1 rings (SSSR count). The van der Waals surface area contributed by atoms with Crippen LogP contribution in [0.1, 0.15) is 18.6 Å². The molecule has 0 aliphatic carbocycles. The Hall–Kier alpha value is -1.44. The van der Waals surface area contributed by atoms with Crippen molar-refractivity contribution < 1.29 is 23.1 Å². The van der Waals surface area contributed by atoms with Crippen molar-refractivity contribution in [2.24, 2.45) is 0 Å². The molecular formula is C12H17NO5S. The maximum atomic E-state index is 11.7. The fourth-order valence-electron chi connectivity index (χ4n) is 1.55. The summed E-state index contributed by atoms with van der Waals surface area (Å²) < 4.78 is 29.4. The van der Waals surface area contributed by atoms with E-state index in [2.05, 4.69) is 4.72 Å². The van der Waals surface area contributed by atoms with E-state index in [1.165, 1.54) is 0 Å². The first-order chi connectivity index (χ1) is 8.85. The zero-order chi connectivity index (χ0) is 14.5. The van der Waals surface area contributed by atoms with Gasteiger partial charge in [0.25, 0.3) is 0 Å². The van der Waals surface area contributed by atoms with Gasteiger partial charge < -0.3 is 9.84 Å². The van der Waals surface area contributed by atoms with Gasteiger partial charge in [-0.15, -0.1) is 0 Å². The second-order valence-electron chi connectivity index (χ2n) is 3.98. The second kappa shape index (κ2) is 6.65. The monoisotopic (exact) mass is 287 g/mol. The predicted octanol–water partition coefficient (Wildman–Crippen LogP) is 0.201. The van der Waals surface area contributed by atoms with E-state index in [1.54, 1.807) is 37.3 Å². The molecule has 1 aromatic carbocycles. The van der Waals surface area contributed by atoms with Gasteiger partial charge in [0.2, 0.25) is 10.0 Å². The van der Waals surface area contributed by atoms with Gasteiger partial charge in [0.1, 0.15) is 12.1 Å². The van der Waals surface area contributed by atoms with Crippen LogP contribution in [-0.4, -0.2) is 38.4 Å². The van der Waals surface area contributed by atoms with E-state index in [0.29, 0.717) is 5.56 Å². The first-order valence-corrected chi connectivity index (χ1v) is 7.61. The van der Waals surface area contributed by atoms with Gasteiger partial charge in [-0.05, 0) is 12.5 Å². The molecule has 0 amide bonds. The van der Waals surface area contributed by atoms with Crippen LogP contribution in [0.5, 0.6) is 0 Å². The third-order valence-electron chi connectivity index (χ3n) is 2.34. The lowest BCUT2D eigenvalue weighted by Crippen LogP contribution is -2.45. The molecule has 106 valence electrons. The molecule has 0 aliphatic rings. The molecule has 1 aromatic rings. The summed E-state index contributed by atoms with van der Waals surface area (Å²) in [5.41, 5.74) is 0.428. The summed E-state index contributed by atoms with van der Waals surface area (Å²) in [6.07, 6.45) is -0.397. The zero-order valence-electron chi connectivity index (χ0n) is 10.7. The van der Waals surface area contributed by atoms with Crippen molar-refractivity contribution in [1.29, 1.82) is 0 Å². The Morgan fingerprint density at radius 3 is 2.42 bits per heavy atom. The molecule has 0 spiro atoms. The molecule has 0 saturated heterocycles. The molecule has 2 unspecified atom stereocenters. The fraction of sp³-hybridized carbons (Fsp3) is 0.417. The van der Waals surface area contributed by atoms with Crippen molar-refractivity contribution in [3.05, 3.63) is 35.9 Å². The van der Waals surface area contributed by atoms with Gasteiger partial charge in [0.15, 0.2) is 0 Å². The standard InChI is InChI=1S/C12H17NO5S/c1-3-18-12(15)10(13-19(2,16)17)11(14)9-7-5-4-6-8-9/h4-8,10-11,13-14H,3H2,1-2H3.